The summed E-state index contributed by atoms with van der Waals surface area (Å²) in [5.41, 5.74) is 1.39. The lowest BCUT2D eigenvalue weighted by atomic mass is 10.2. The molecule has 2 aromatic rings. The second kappa shape index (κ2) is 6.65. The molecule has 21 heavy (non-hydrogen) atoms. The van der Waals surface area contributed by atoms with Crippen molar-refractivity contribution in [2.24, 2.45) is 0 Å². The van der Waals surface area contributed by atoms with Crippen LogP contribution in [0.25, 0.3) is 0 Å². The van der Waals surface area contributed by atoms with E-state index < -0.39 is 4.92 Å². The highest BCUT2D eigenvalue weighted by atomic mass is 35.5. The Hall–Kier alpha value is -1.98. The number of hydrogen-bond acceptors (Lipinski definition) is 4. The van der Waals surface area contributed by atoms with Gasteiger partial charge in [0.2, 0.25) is 0 Å². The molecular formula is C14H12Cl2N2O3. The first kappa shape index (κ1) is 15.4. The molecule has 0 saturated heterocycles. The fourth-order valence-corrected chi connectivity index (χ4v) is 2.24. The van der Waals surface area contributed by atoms with E-state index in [1.807, 2.05) is 6.07 Å². The van der Waals surface area contributed by atoms with E-state index in [1.165, 1.54) is 18.2 Å². The van der Waals surface area contributed by atoms with Gasteiger partial charge in [-0.25, -0.2) is 0 Å². The maximum absolute atomic E-state index is 10.8. The number of ether oxygens (including phenoxy) is 1. The molecule has 0 spiro atoms. The number of nitro benzene ring substituents is 1. The summed E-state index contributed by atoms with van der Waals surface area (Å²) in [6.45, 7) is 0.435. The summed E-state index contributed by atoms with van der Waals surface area (Å²) in [6.07, 6.45) is 0. The third-order valence-corrected chi connectivity index (χ3v) is 3.48. The lowest BCUT2D eigenvalue weighted by molar-refractivity contribution is -0.384. The Balaban J connectivity index is 2.14. The molecule has 2 rings (SSSR count). The number of nitrogens with zero attached hydrogens (tertiary/aromatic N) is 1. The van der Waals surface area contributed by atoms with Crippen LogP contribution in [-0.4, -0.2) is 12.0 Å². The van der Waals surface area contributed by atoms with Crippen molar-refractivity contribution in [3.63, 3.8) is 0 Å². The van der Waals surface area contributed by atoms with Crippen LogP contribution < -0.4 is 10.1 Å². The molecule has 0 bridgehead atoms. The van der Waals surface area contributed by atoms with Gasteiger partial charge in [0.1, 0.15) is 5.75 Å². The summed E-state index contributed by atoms with van der Waals surface area (Å²) in [6, 6.07) is 9.62. The first-order valence-corrected chi connectivity index (χ1v) is 6.77. The predicted molar refractivity (Wildman–Crippen MR) is 83.4 cm³/mol. The van der Waals surface area contributed by atoms with E-state index in [1.54, 1.807) is 19.2 Å². The van der Waals surface area contributed by atoms with Crippen molar-refractivity contribution in [2.75, 3.05) is 12.4 Å². The van der Waals surface area contributed by atoms with Gasteiger partial charge in [-0.15, -0.1) is 0 Å². The Morgan fingerprint density at radius 1 is 1.19 bits per heavy atom. The van der Waals surface area contributed by atoms with Crippen molar-refractivity contribution in [1.29, 1.82) is 0 Å². The van der Waals surface area contributed by atoms with Gasteiger partial charge in [0.05, 0.1) is 27.8 Å². The smallest absolute Gasteiger partial charge is 0.271 e. The highest BCUT2D eigenvalue weighted by Gasteiger charge is 2.10. The molecule has 0 aliphatic heterocycles. The largest absolute Gasteiger partial charge is 0.495 e. The van der Waals surface area contributed by atoms with Crippen LogP contribution in [0, 0.1) is 10.1 Å². The summed E-state index contributed by atoms with van der Waals surface area (Å²) in [4.78, 5) is 10.3. The lowest BCUT2D eigenvalue weighted by Gasteiger charge is -2.10. The van der Waals surface area contributed by atoms with Crippen LogP contribution in [0.15, 0.2) is 36.4 Å². The van der Waals surface area contributed by atoms with Gasteiger partial charge in [-0.1, -0.05) is 29.3 Å². The summed E-state index contributed by atoms with van der Waals surface area (Å²) in [5.74, 6) is 0.591. The van der Waals surface area contributed by atoms with Crippen LogP contribution in [0.4, 0.5) is 11.4 Å². The Bertz CT molecular complexity index is 677. The number of methoxy groups -OCH3 is 1. The van der Waals surface area contributed by atoms with E-state index in [0.717, 1.165) is 5.56 Å². The molecule has 0 aliphatic rings. The van der Waals surface area contributed by atoms with Crippen LogP contribution in [0.5, 0.6) is 5.75 Å². The maximum Gasteiger partial charge on any atom is 0.271 e. The topological polar surface area (TPSA) is 64.4 Å². The third-order valence-electron chi connectivity index (χ3n) is 2.86. The minimum Gasteiger partial charge on any atom is -0.495 e. The number of hydrogen-bond donors (Lipinski definition) is 1. The molecule has 0 fully saturated rings. The summed E-state index contributed by atoms with van der Waals surface area (Å²) < 4.78 is 5.08. The zero-order valence-electron chi connectivity index (χ0n) is 11.1. The number of anilines is 1. The van der Waals surface area contributed by atoms with Gasteiger partial charge in [-0.05, 0) is 23.8 Å². The number of nitro groups is 1. The lowest BCUT2D eigenvalue weighted by Crippen LogP contribution is -2.01. The van der Waals surface area contributed by atoms with E-state index in [2.05, 4.69) is 5.32 Å². The molecule has 1 N–H and O–H groups in total. The van der Waals surface area contributed by atoms with Crippen molar-refractivity contribution in [3.05, 3.63) is 62.1 Å². The minimum absolute atomic E-state index is 0.0188. The van der Waals surface area contributed by atoms with E-state index >= 15 is 0 Å². The van der Waals surface area contributed by atoms with Gasteiger partial charge in [-0.2, -0.15) is 0 Å². The minimum atomic E-state index is -0.467. The number of benzene rings is 2. The number of halogens is 2. The zero-order valence-corrected chi connectivity index (χ0v) is 12.6. The molecule has 110 valence electrons. The van der Waals surface area contributed by atoms with Gasteiger partial charge < -0.3 is 10.1 Å². The number of nitrogens with one attached hydrogen (secondary N) is 1. The van der Waals surface area contributed by atoms with E-state index in [0.29, 0.717) is 28.0 Å². The van der Waals surface area contributed by atoms with E-state index in [4.69, 9.17) is 27.9 Å². The highest BCUT2D eigenvalue weighted by Crippen LogP contribution is 2.28. The van der Waals surface area contributed by atoms with Crippen molar-refractivity contribution in [3.8, 4) is 5.75 Å². The molecule has 0 atom stereocenters. The Morgan fingerprint density at radius 3 is 2.57 bits per heavy atom. The maximum atomic E-state index is 10.8. The second-order valence-corrected chi connectivity index (χ2v) is 5.06. The molecule has 7 heteroatoms. The fourth-order valence-electron chi connectivity index (χ4n) is 1.78. The van der Waals surface area contributed by atoms with Crippen LogP contribution in [0.3, 0.4) is 0 Å². The van der Waals surface area contributed by atoms with Gasteiger partial charge in [0.15, 0.2) is 0 Å². The highest BCUT2D eigenvalue weighted by molar-refractivity contribution is 6.33. The molecule has 0 unspecified atom stereocenters. The molecule has 0 heterocycles. The Labute approximate surface area is 131 Å². The number of rotatable bonds is 5. The van der Waals surface area contributed by atoms with Crippen molar-refractivity contribution >= 4 is 34.6 Å². The average Bonchev–Trinajstić information content (AvgIpc) is 2.46. The number of non-ortho nitro benzene ring substituents is 1. The van der Waals surface area contributed by atoms with Gasteiger partial charge >= 0.3 is 0 Å². The molecule has 0 aliphatic carbocycles. The first-order chi connectivity index (χ1) is 10.0. The predicted octanol–water partition coefficient (Wildman–Crippen LogP) is 4.52. The van der Waals surface area contributed by atoms with Crippen molar-refractivity contribution in [1.82, 2.24) is 0 Å². The first-order valence-electron chi connectivity index (χ1n) is 6.01. The summed E-state index contributed by atoms with van der Waals surface area (Å²) >= 11 is 12.1. The Morgan fingerprint density at radius 2 is 1.95 bits per heavy atom. The summed E-state index contributed by atoms with van der Waals surface area (Å²) in [5, 5.41) is 14.7. The molecule has 0 radical (unpaired) electrons. The monoisotopic (exact) mass is 326 g/mol. The third kappa shape index (κ3) is 3.77. The normalized spacial score (nSPS) is 10.2. The molecular weight excluding hydrogens is 315 g/mol. The fraction of sp³-hybridized carbons (Fsp3) is 0.143. The zero-order chi connectivity index (χ0) is 15.4. The van der Waals surface area contributed by atoms with Gasteiger partial charge in [0, 0.05) is 18.7 Å². The average molecular weight is 327 g/mol. The van der Waals surface area contributed by atoms with Crippen LogP contribution >= 0.6 is 23.2 Å². The SMILES string of the molecule is COc1ccc(CNc2cc([N+](=O)[O-])ccc2Cl)cc1Cl. The van der Waals surface area contributed by atoms with Crippen LogP contribution in [0.1, 0.15) is 5.56 Å². The van der Waals surface area contributed by atoms with Gasteiger partial charge in [0.25, 0.3) is 5.69 Å². The van der Waals surface area contributed by atoms with E-state index in [9.17, 15) is 10.1 Å². The van der Waals surface area contributed by atoms with Crippen molar-refractivity contribution in [2.45, 2.75) is 6.54 Å². The molecule has 0 aromatic heterocycles. The standard InChI is InChI=1S/C14H12Cl2N2O3/c1-21-14-5-2-9(6-12(14)16)8-17-13-7-10(18(19)20)3-4-11(13)15/h2-7,17H,8H2,1H3. The van der Waals surface area contributed by atoms with Gasteiger partial charge in [-0.3, -0.25) is 10.1 Å². The molecule has 0 amide bonds. The molecule has 0 saturated carbocycles. The quantitative estimate of drug-likeness (QED) is 0.648. The molecule has 5 nitrogen and oxygen atoms in total. The van der Waals surface area contributed by atoms with Crippen LogP contribution in [0.2, 0.25) is 10.0 Å². The second-order valence-electron chi connectivity index (χ2n) is 4.24. The van der Waals surface area contributed by atoms with E-state index in [-0.39, 0.29) is 5.69 Å². The van der Waals surface area contributed by atoms with Crippen LogP contribution in [-0.2, 0) is 6.54 Å². The molecule has 2 aromatic carbocycles. The Kier molecular flexibility index (Phi) is 4.88. The van der Waals surface area contributed by atoms with Crippen molar-refractivity contribution < 1.29 is 9.66 Å². The summed E-state index contributed by atoms with van der Waals surface area (Å²) in [7, 11) is 1.54.